The summed E-state index contributed by atoms with van der Waals surface area (Å²) < 4.78 is 25.7. The maximum absolute atomic E-state index is 13.4. The topological polar surface area (TPSA) is 65.0 Å². The van der Waals surface area contributed by atoms with Crippen LogP contribution in [0.25, 0.3) is 22.2 Å². The standard InChI is InChI=1S/C27H25FN2O2S/c1-33(32)18-23-25(27(31)29-16-8-10-19-9-7-13-21(28)17-19)22-14-5-6-15-24(22)30-26(23)20-11-3-2-4-12-20/h2-7,9,11-15,17H,8,10,16,18H2,1H3,(H,29,31). The fourth-order valence-corrected chi connectivity index (χ4v) is 4.65. The van der Waals surface area contributed by atoms with Crippen molar-refractivity contribution in [2.24, 2.45) is 0 Å². The van der Waals surface area contributed by atoms with Crippen molar-refractivity contribution in [1.82, 2.24) is 10.3 Å². The van der Waals surface area contributed by atoms with Crippen LogP contribution >= 0.6 is 0 Å². The molecule has 4 aromatic rings. The van der Waals surface area contributed by atoms with Gasteiger partial charge in [-0.15, -0.1) is 0 Å². The minimum absolute atomic E-state index is 0.217. The maximum Gasteiger partial charge on any atom is 0.252 e. The highest BCUT2D eigenvalue weighted by molar-refractivity contribution is 7.89. The number of fused-ring (bicyclic) bond motifs is 1. The van der Waals surface area contributed by atoms with Crippen molar-refractivity contribution < 1.29 is 13.7 Å². The summed E-state index contributed by atoms with van der Waals surface area (Å²) in [6, 6.07) is 23.7. The Morgan fingerprint density at radius 1 is 1.03 bits per heavy atom. The van der Waals surface area contributed by atoms with E-state index >= 15 is 0 Å². The van der Waals surface area contributed by atoms with Crippen molar-refractivity contribution in [2.75, 3.05) is 12.8 Å². The van der Waals surface area contributed by atoms with Crippen molar-refractivity contribution in [3.63, 3.8) is 0 Å². The second-order valence-electron chi connectivity index (χ2n) is 7.90. The minimum Gasteiger partial charge on any atom is -0.616 e. The van der Waals surface area contributed by atoms with E-state index < -0.39 is 11.2 Å². The first kappa shape index (κ1) is 23.0. The summed E-state index contributed by atoms with van der Waals surface area (Å²) in [5.74, 6) is -0.246. The van der Waals surface area contributed by atoms with Gasteiger partial charge in [0.15, 0.2) is 0 Å². The van der Waals surface area contributed by atoms with Gasteiger partial charge in [-0.25, -0.2) is 9.37 Å². The van der Waals surface area contributed by atoms with Gasteiger partial charge in [0.25, 0.3) is 5.91 Å². The highest BCUT2D eigenvalue weighted by Crippen LogP contribution is 2.31. The molecule has 1 aromatic heterocycles. The Bertz CT molecular complexity index is 1260. The molecule has 0 bridgehead atoms. The Morgan fingerprint density at radius 2 is 1.79 bits per heavy atom. The lowest BCUT2D eigenvalue weighted by atomic mass is 9.97. The summed E-state index contributed by atoms with van der Waals surface area (Å²) in [5, 5.41) is 3.75. The quantitative estimate of drug-likeness (QED) is 0.287. The zero-order valence-electron chi connectivity index (χ0n) is 18.4. The molecule has 33 heavy (non-hydrogen) atoms. The third kappa shape index (κ3) is 5.59. The molecular weight excluding hydrogens is 435 g/mol. The highest BCUT2D eigenvalue weighted by Gasteiger charge is 2.23. The summed E-state index contributed by atoms with van der Waals surface area (Å²) in [5.41, 5.74) is 4.36. The molecule has 6 heteroatoms. The van der Waals surface area contributed by atoms with Gasteiger partial charge in [-0.2, -0.15) is 0 Å². The largest absolute Gasteiger partial charge is 0.616 e. The number of carbonyl (C=O) groups excluding carboxylic acids is 1. The lowest BCUT2D eigenvalue weighted by Crippen LogP contribution is -2.27. The van der Waals surface area contributed by atoms with E-state index in [9.17, 15) is 13.7 Å². The van der Waals surface area contributed by atoms with Crippen LogP contribution in [0.3, 0.4) is 0 Å². The first-order valence-electron chi connectivity index (χ1n) is 10.8. The molecule has 1 N–H and O–H groups in total. The van der Waals surface area contributed by atoms with Crippen molar-refractivity contribution >= 4 is 28.0 Å². The summed E-state index contributed by atoms with van der Waals surface area (Å²) >= 11 is -1.16. The second-order valence-corrected chi connectivity index (χ2v) is 9.34. The smallest absolute Gasteiger partial charge is 0.252 e. The number of nitrogens with zero attached hydrogens (tertiary/aromatic N) is 1. The summed E-state index contributed by atoms with van der Waals surface area (Å²) in [4.78, 5) is 18.2. The number of hydrogen-bond donors (Lipinski definition) is 1. The number of benzene rings is 3. The predicted molar refractivity (Wildman–Crippen MR) is 132 cm³/mol. The normalized spacial score (nSPS) is 12.0. The van der Waals surface area contributed by atoms with Gasteiger partial charge in [0.1, 0.15) is 11.6 Å². The molecule has 0 aliphatic carbocycles. The molecule has 0 saturated heterocycles. The highest BCUT2D eigenvalue weighted by atomic mass is 32.2. The van der Waals surface area contributed by atoms with Crippen LogP contribution in [0.2, 0.25) is 0 Å². The lowest BCUT2D eigenvalue weighted by Gasteiger charge is -2.17. The first-order chi connectivity index (χ1) is 16.0. The monoisotopic (exact) mass is 460 g/mol. The summed E-state index contributed by atoms with van der Waals surface area (Å²) in [6.45, 7) is 0.446. The number of rotatable bonds is 8. The number of halogens is 1. The molecule has 1 heterocycles. The number of pyridine rings is 1. The Morgan fingerprint density at radius 3 is 2.55 bits per heavy atom. The average molecular weight is 461 g/mol. The van der Waals surface area contributed by atoms with E-state index in [0.717, 1.165) is 16.5 Å². The summed E-state index contributed by atoms with van der Waals surface area (Å²) in [7, 11) is 0. The van der Waals surface area contributed by atoms with Gasteiger partial charge >= 0.3 is 0 Å². The molecule has 0 spiro atoms. The van der Waals surface area contributed by atoms with E-state index in [4.69, 9.17) is 4.98 Å². The minimum atomic E-state index is -1.16. The van der Waals surface area contributed by atoms with Crippen LogP contribution < -0.4 is 5.32 Å². The van der Waals surface area contributed by atoms with Crippen LogP contribution in [0.1, 0.15) is 27.9 Å². The predicted octanol–water partition coefficient (Wildman–Crippen LogP) is 5.28. The maximum atomic E-state index is 13.4. The molecule has 1 unspecified atom stereocenters. The second kappa shape index (κ2) is 10.6. The SMILES string of the molecule is C[S+]([O-])Cc1c(-c2ccccc2)nc2ccccc2c1C(=O)NCCCc1cccc(F)c1. The van der Waals surface area contributed by atoms with Crippen molar-refractivity contribution in [3.8, 4) is 11.3 Å². The Balaban J connectivity index is 1.66. The van der Waals surface area contributed by atoms with E-state index in [1.165, 1.54) is 12.1 Å². The first-order valence-corrected chi connectivity index (χ1v) is 12.6. The lowest BCUT2D eigenvalue weighted by molar-refractivity contribution is 0.0954. The molecule has 0 fully saturated rings. The van der Waals surface area contributed by atoms with E-state index in [1.807, 2.05) is 60.7 Å². The number of hydrogen-bond acceptors (Lipinski definition) is 3. The molecule has 4 nitrogen and oxygen atoms in total. The van der Waals surface area contributed by atoms with Crippen molar-refractivity contribution in [2.45, 2.75) is 18.6 Å². The zero-order valence-corrected chi connectivity index (χ0v) is 19.2. The molecule has 0 radical (unpaired) electrons. The Hall–Kier alpha value is -3.22. The molecule has 0 saturated carbocycles. The molecule has 4 rings (SSSR count). The molecule has 3 aromatic carbocycles. The van der Waals surface area contributed by atoms with Gasteiger partial charge in [-0.1, -0.05) is 71.8 Å². The van der Waals surface area contributed by atoms with Gasteiger partial charge < -0.3 is 9.87 Å². The fraction of sp³-hybridized carbons (Fsp3) is 0.185. The fourth-order valence-electron chi connectivity index (χ4n) is 3.96. The van der Waals surface area contributed by atoms with Gasteiger partial charge in [0, 0.05) is 23.1 Å². The van der Waals surface area contributed by atoms with Gasteiger partial charge in [0.2, 0.25) is 0 Å². The Kier molecular flexibility index (Phi) is 7.37. The van der Waals surface area contributed by atoms with Gasteiger partial charge in [-0.05, 0) is 36.6 Å². The van der Waals surface area contributed by atoms with Gasteiger partial charge in [0.05, 0.1) is 23.0 Å². The summed E-state index contributed by atoms with van der Waals surface area (Å²) in [6.07, 6.45) is 2.97. The third-order valence-electron chi connectivity index (χ3n) is 5.43. The van der Waals surface area contributed by atoms with Gasteiger partial charge in [-0.3, -0.25) is 4.79 Å². The van der Waals surface area contributed by atoms with Crippen LogP contribution in [0.15, 0.2) is 78.9 Å². The Labute approximate surface area is 196 Å². The number of amides is 1. The van der Waals surface area contributed by atoms with Crippen LogP contribution in [-0.2, 0) is 23.3 Å². The van der Waals surface area contributed by atoms with E-state index in [0.29, 0.717) is 41.7 Å². The van der Waals surface area contributed by atoms with Crippen LogP contribution in [0.4, 0.5) is 4.39 Å². The number of para-hydroxylation sites is 1. The molecule has 168 valence electrons. The molecular formula is C27H25FN2O2S. The number of aromatic nitrogens is 1. The number of aryl methyl sites for hydroxylation is 1. The van der Waals surface area contributed by atoms with Crippen LogP contribution in [-0.4, -0.2) is 28.2 Å². The average Bonchev–Trinajstić information content (AvgIpc) is 2.81. The third-order valence-corrected chi connectivity index (χ3v) is 6.13. The van der Waals surface area contributed by atoms with E-state index in [2.05, 4.69) is 5.32 Å². The van der Waals surface area contributed by atoms with E-state index in [1.54, 1.807) is 12.3 Å². The molecule has 0 aliphatic rings. The van der Waals surface area contributed by atoms with E-state index in [-0.39, 0.29) is 17.5 Å². The molecule has 1 amide bonds. The number of carbonyl (C=O) groups is 1. The van der Waals surface area contributed by atoms with Crippen molar-refractivity contribution in [3.05, 3.63) is 101 Å². The van der Waals surface area contributed by atoms with Crippen LogP contribution in [0, 0.1) is 5.82 Å². The molecule has 0 aliphatic heterocycles. The van der Waals surface area contributed by atoms with Crippen molar-refractivity contribution in [1.29, 1.82) is 0 Å². The zero-order chi connectivity index (χ0) is 23.2. The number of nitrogens with one attached hydrogen (secondary N) is 1. The van der Waals surface area contributed by atoms with Crippen LogP contribution in [0.5, 0.6) is 0 Å². The molecule has 1 atom stereocenters.